The topological polar surface area (TPSA) is 125 Å². The average molecular weight is 693 g/mol. The molecule has 2 aliphatic rings. The first-order valence-corrected chi connectivity index (χ1v) is 16.7. The van der Waals surface area contributed by atoms with Crippen LogP contribution in [-0.2, 0) is 31.1 Å². The number of pyridine rings is 1. The SMILES string of the molecule is CN1C[C@H](NC(=O)c2cc(-c3cnn(C)c3)cnc2N)[C@@H](OCc2ccc(-c3ccc(CN4CCN(CCO)CC4)c(C(F)(F)F)c3)cc2)C1. The van der Waals surface area contributed by atoms with Crippen LogP contribution in [0.4, 0.5) is 19.0 Å². The van der Waals surface area contributed by atoms with Gasteiger partial charge in [-0.1, -0.05) is 36.4 Å². The summed E-state index contributed by atoms with van der Waals surface area (Å²) in [5, 5.41) is 16.4. The highest BCUT2D eigenvalue weighted by atomic mass is 19.4. The Bertz CT molecular complexity index is 1770. The number of carbonyl (C=O) groups excluding carboxylic acids is 1. The minimum atomic E-state index is -4.48. The number of nitrogens with two attached hydrogens (primary N) is 1. The summed E-state index contributed by atoms with van der Waals surface area (Å²) in [5.74, 6) is -0.215. The molecule has 0 radical (unpaired) electrons. The maximum atomic E-state index is 14.2. The van der Waals surface area contributed by atoms with Gasteiger partial charge in [0.2, 0.25) is 0 Å². The number of aromatic nitrogens is 3. The van der Waals surface area contributed by atoms with Crippen molar-refractivity contribution < 1.29 is 27.8 Å². The Morgan fingerprint density at radius 3 is 2.36 bits per heavy atom. The molecule has 4 N–H and O–H groups in total. The van der Waals surface area contributed by atoms with Gasteiger partial charge in [-0.25, -0.2) is 4.98 Å². The molecule has 0 saturated carbocycles. The molecule has 4 heterocycles. The van der Waals surface area contributed by atoms with Gasteiger partial charge >= 0.3 is 6.18 Å². The van der Waals surface area contributed by atoms with E-state index in [-0.39, 0.29) is 54.8 Å². The van der Waals surface area contributed by atoms with Crippen LogP contribution in [0.15, 0.2) is 67.1 Å². The van der Waals surface area contributed by atoms with E-state index in [4.69, 9.17) is 15.6 Å². The van der Waals surface area contributed by atoms with Crippen molar-refractivity contribution >= 4 is 11.7 Å². The fourth-order valence-corrected chi connectivity index (χ4v) is 6.61. The van der Waals surface area contributed by atoms with E-state index < -0.39 is 11.7 Å². The second-order valence-electron chi connectivity index (χ2n) is 13.1. The molecule has 14 heteroatoms. The molecular formula is C36H43F3N8O3. The summed E-state index contributed by atoms with van der Waals surface area (Å²) in [7, 11) is 3.76. The van der Waals surface area contributed by atoms with Crippen molar-refractivity contribution in [2.75, 3.05) is 65.2 Å². The summed E-state index contributed by atoms with van der Waals surface area (Å²) < 4.78 is 50.5. The molecule has 6 rings (SSSR count). The quantitative estimate of drug-likeness (QED) is 0.217. The van der Waals surface area contributed by atoms with E-state index in [9.17, 15) is 18.0 Å². The first-order valence-electron chi connectivity index (χ1n) is 16.7. The van der Waals surface area contributed by atoms with Gasteiger partial charge in [-0.3, -0.25) is 19.3 Å². The zero-order valence-corrected chi connectivity index (χ0v) is 28.2. The number of rotatable bonds is 11. The number of halogens is 3. The number of benzene rings is 2. The number of aliphatic hydroxyl groups is 1. The molecule has 2 fully saturated rings. The molecule has 266 valence electrons. The van der Waals surface area contributed by atoms with Crippen LogP contribution in [-0.4, -0.2) is 112 Å². The van der Waals surface area contributed by atoms with Gasteiger partial charge < -0.3 is 25.8 Å². The number of piperazine rings is 1. The van der Waals surface area contributed by atoms with Crippen LogP contribution >= 0.6 is 0 Å². The van der Waals surface area contributed by atoms with Crippen molar-refractivity contribution in [3.63, 3.8) is 0 Å². The zero-order chi connectivity index (χ0) is 35.4. The third-order valence-corrected chi connectivity index (χ3v) is 9.41. The van der Waals surface area contributed by atoms with Crippen molar-refractivity contribution in [2.45, 2.75) is 31.5 Å². The zero-order valence-electron chi connectivity index (χ0n) is 28.2. The van der Waals surface area contributed by atoms with E-state index in [0.29, 0.717) is 43.9 Å². The molecule has 0 bridgehead atoms. The van der Waals surface area contributed by atoms with Crippen molar-refractivity contribution in [3.05, 3.63) is 89.4 Å². The number of ether oxygens (including phenoxy) is 1. The molecule has 0 spiro atoms. The third kappa shape index (κ3) is 8.50. The highest BCUT2D eigenvalue weighted by Gasteiger charge is 2.35. The highest BCUT2D eigenvalue weighted by Crippen LogP contribution is 2.36. The van der Waals surface area contributed by atoms with Gasteiger partial charge in [0.15, 0.2) is 0 Å². The number of nitrogens with one attached hydrogen (secondary N) is 1. The van der Waals surface area contributed by atoms with Crippen LogP contribution in [0.25, 0.3) is 22.3 Å². The summed E-state index contributed by atoms with van der Waals surface area (Å²) >= 11 is 0. The van der Waals surface area contributed by atoms with Crippen LogP contribution in [0.1, 0.15) is 27.0 Å². The Kier molecular flexibility index (Phi) is 10.8. The van der Waals surface area contributed by atoms with Crippen LogP contribution in [0.3, 0.4) is 0 Å². The van der Waals surface area contributed by atoms with E-state index in [1.807, 2.05) is 37.3 Å². The molecule has 11 nitrogen and oxygen atoms in total. The van der Waals surface area contributed by atoms with E-state index in [1.54, 1.807) is 47.4 Å². The molecule has 2 aromatic carbocycles. The van der Waals surface area contributed by atoms with Gasteiger partial charge in [-0.2, -0.15) is 18.3 Å². The van der Waals surface area contributed by atoms with Gasteiger partial charge in [0, 0.05) is 82.9 Å². The first kappa shape index (κ1) is 35.5. The average Bonchev–Trinajstić information content (AvgIpc) is 3.69. The van der Waals surface area contributed by atoms with Gasteiger partial charge in [-0.05, 0) is 41.4 Å². The Balaban J connectivity index is 1.08. The van der Waals surface area contributed by atoms with Crippen molar-refractivity contribution in [1.82, 2.24) is 34.8 Å². The summed E-state index contributed by atoms with van der Waals surface area (Å²) in [6, 6.07) is 13.3. The molecule has 2 saturated heterocycles. The lowest BCUT2D eigenvalue weighted by Crippen LogP contribution is -2.46. The smallest absolute Gasteiger partial charge is 0.395 e. The number of nitrogen functional groups attached to an aromatic ring is 1. The minimum Gasteiger partial charge on any atom is -0.395 e. The lowest BCUT2D eigenvalue weighted by molar-refractivity contribution is -0.138. The lowest BCUT2D eigenvalue weighted by atomic mass is 9.97. The van der Waals surface area contributed by atoms with E-state index >= 15 is 0 Å². The summed E-state index contributed by atoms with van der Waals surface area (Å²) in [5.41, 5.74) is 9.56. The second kappa shape index (κ2) is 15.3. The Labute approximate surface area is 289 Å². The molecule has 50 heavy (non-hydrogen) atoms. The second-order valence-corrected chi connectivity index (χ2v) is 13.1. The summed E-state index contributed by atoms with van der Waals surface area (Å²) in [4.78, 5) is 23.8. The maximum absolute atomic E-state index is 14.2. The maximum Gasteiger partial charge on any atom is 0.416 e. The number of alkyl halides is 3. The third-order valence-electron chi connectivity index (χ3n) is 9.41. The Morgan fingerprint density at radius 2 is 1.68 bits per heavy atom. The van der Waals surface area contributed by atoms with Gasteiger partial charge in [-0.15, -0.1) is 0 Å². The monoisotopic (exact) mass is 692 g/mol. The molecule has 0 unspecified atom stereocenters. The number of β-amino-alcohol motifs (C(OH)–C–C–N with tert-alkyl or cyclic N) is 1. The number of carbonyl (C=O) groups is 1. The van der Waals surface area contributed by atoms with Crippen molar-refractivity contribution in [1.29, 1.82) is 0 Å². The van der Waals surface area contributed by atoms with Crippen LogP contribution in [0, 0.1) is 0 Å². The number of nitrogens with zero attached hydrogens (tertiary/aromatic N) is 6. The highest BCUT2D eigenvalue weighted by molar-refractivity contribution is 5.99. The number of likely N-dealkylation sites (N-methyl/N-ethyl adjacent to an activating group) is 1. The molecule has 2 aliphatic heterocycles. The standard InChI is InChI=1S/C36H43F3N8O3/c1-44-21-32(43-35(49)30-15-28(17-41-34(30)40)29-18-42-45(2)19-29)33(22-44)50-23-24-3-5-25(6-4-24)26-7-8-27(31(16-26)36(37,38)39)20-47-11-9-46(10-12-47)13-14-48/h3-8,15-19,32-33,48H,9-14,20-23H2,1-2H3,(H2,40,41)(H,43,49)/t32-,33-/m0/s1. The van der Waals surface area contributed by atoms with Crippen molar-refractivity contribution in [3.8, 4) is 22.3 Å². The number of aliphatic hydroxyl groups excluding tert-OH is 1. The fourth-order valence-electron chi connectivity index (χ4n) is 6.61. The normalized spacial score (nSPS) is 19.2. The Morgan fingerprint density at radius 1 is 0.960 bits per heavy atom. The van der Waals surface area contributed by atoms with E-state index in [2.05, 4.69) is 25.2 Å². The first-order chi connectivity index (χ1) is 24.0. The minimum absolute atomic E-state index is 0.0744. The van der Waals surface area contributed by atoms with E-state index in [1.165, 1.54) is 6.07 Å². The van der Waals surface area contributed by atoms with Crippen LogP contribution < -0.4 is 11.1 Å². The predicted molar refractivity (Wildman–Crippen MR) is 184 cm³/mol. The lowest BCUT2D eigenvalue weighted by Gasteiger charge is -2.34. The number of amides is 1. The molecule has 4 aromatic rings. The van der Waals surface area contributed by atoms with Gasteiger partial charge in [0.1, 0.15) is 5.82 Å². The number of hydrogen-bond acceptors (Lipinski definition) is 9. The fraction of sp³-hybridized carbons (Fsp3) is 0.417. The molecule has 2 atom stereocenters. The largest absolute Gasteiger partial charge is 0.416 e. The van der Waals surface area contributed by atoms with Crippen molar-refractivity contribution in [2.24, 2.45) is 7.05 Å². The van der Waals surface area contributed by atoms with Crippen LogP contribution in [0.2, 0.25) is 0 Å². The van der Waals surface area contributed by atoms with Gasteiger partial charge in [0.05, 0.1) is 42.7 Å². The Hall–Kier alpha value is -4.34. The number of hydrogen-bond donors (Lipinski definition) is 3. The summed E-state index contributed by atoms with van der Waals surface area (Å²) in [6.07, 6.45) is 0.360. The van der Waals surface area contributed by atoms with Crippen LogP contribution in [0.5, 0.6) is 0 Å². The predicted octanol–water partition coefficient (Wildman–Crippen LogP) is 3.49. The summed E-state index contributed by atoms with van der Waals surface area (Å²) in [6.45, 7) is 5.08. The number of aryl methyl sites for hydroxylation is 1. The number of likely N-dealkylation sites (tertiary alicyclic amines) is 1. The molecule has 2 aromatic heterocycles. The molecular weight excluding hydrogens is 649 g/mol. The van der Waals surface area contributed by atoms with E-state index in [0.717, 1.165) is 29.8 Å². The molecule has 1 amide bonds. The van der Waals surface area contributed by atoms with Gasteiger partial charge in [0.25, 0.3) is 5.91 Å². The molecule has 0 aliphatic carbocycles. The number of anilines is 1.